The van der Waals surface area contributed by atoms with Crippen LogP contribution >= 0.6 is 0 Å². The maximum absolute atomic E-state index is 14.0. The zero-order valence-electron chi connectivity index (χ0n) is 22.1. The van der Waals surface area contributed by atoms with Crippen molar-refractivity contribution in [1.29, 1.82) is 5.26 Å². The molecule has 204 valence electrons. The summed E-state index contributed by atoms with van der Waals surface area (Å²) in [6.45, 7) is 3.56. The zero-order valence-corrected chi connectivity index (χ0v) is 22.9. The van der Waals surface area contributed by atoms with Gasteiger partial charge >= 0.3 is 0 Å². The van der Waals surface area contributed by atoms with Crippen molar-refractivity contribution in [2.75, 3.05) is 0 Å². The summed E-state index contributed by atoms with van der Waals surface area (Å²) in [5, 5.41) is 20.2. The highest BCUT2D eigenvalue weighted by atomic mass is 32.2. The minimum absolute atomic E-state index is 0.205. The fraction of sp³-hybridized carbons (Fsp3) is 0.267. The molecule has 1 aliphatic carbocycles. The van der Waals surface area contributed by atoms with Crippen molar-refractivity contribution in [2.24, 2.45) is 0 Å². The second-order valence-corrected chi connectivity index (χ2v) is 11.7. The van der Waals surface area contributed by atoms with E-state index in [4.69, 9.17) is 0 Å². The van der Waals surface area contributed by atoms with E-state index in [0.29, 0.717) is 53.8 Å². The average molecular weight is 559 g/mol. The largest absolute Gasteiger partial charge is 0.492 e. The first-order valence-electron chi connectivity index (χ1n) is 13.0. The van der Waals surface area contributed by atoms with Crippen molar-refractivity contribution in [3.8, 4) is 23.1 Å². The molecule has 0 fully saturated rings. The van der Waals surface area contributed by atoms with Gasteiger partial charge in [-0.05, 0) is 78.8 Å². The second-order valence-electron chi connectivity index (χ2n) is 9.84. The number of aromatic hydroxyl groups is 1. The van der Waals surface area contributed by atoms with Gasteiger partial charge < -0.3 is 5.11 Å². The molecule has 0 radical (unpaired) electrons. The quantitative estimate of drug-likeness (QED) is 0.315. The lowest BCUT2D eigenvalue weighted by Gasteiger charge is -2.21. The third-order valence-electron chi connectivity index (χ3n) is 7.40. The summed E-state index contributed by atoms with van der Waals surface area (Å²) in [4.78, 5) is 20.8. The standard InChI is InChI=1S/C30H27FN4O4S/c1-3-4-5-26-34-29(36)27(30(37)35(26)25-13-10-21-7-6-19(17-32)16-24(21)25)40(38,39)22-11-8-20(9-12-22)23-14-15-33-28(31)18(23)2/h6-9,11-12,14-16,25,36H,3-5,10,13H2,1-2H3/t25-/m1/s1. The summed E-state index contributed by atoms with van der Waals surface area (Å²) >= 11 is 0. The number of pyridine rings is 1. The SMILES string of the molecule is CCCCc1nc(O)c(S(=O)(=O)c2ccc(-c3ccnc(F)c3C)cc2)c(=O)n1[C@@H]1CCc2ccc(C#N)cc21. The molecule has 0 aliphatic heterocycles. The van der Waals surface area contributed by atoms with Gasteiger partial charge in [0.25, 0.3) is 5.56 Å². The van der Waals surface area contributed by atoms with E-state index in [1.54, 1.807) is 25.1 Å². The van der Waals surface area contributed by atoms with Crippen LogP contribution < -0.4 is 5.56 Å². The Morgan fingerprint density at radius 2 is 1.93 bits per heavy atom. The van der Waals surface area contributed by atoms with Crippen LogP contribution in [0.5, 0.6) is 5.88 Å². The van der Waals surface area contributed by atoms with Gasteiger partial charge in [-0.15, -0.1) is 0 Å². The summed E-state index contributed by atoms with van der Waals surface area (Å²) in [6.07, 6.45) is 4.39. The third-order valence-corrected chi connectivity index (χ3v) is 9.19. The third kappa shape index (κ3) is 4.67. The van der Waals surface area contributed by atoms with Gasteiger partial charge in [-0.1, -0.05) is 31.5 Å². The molecule has 10 heteroatoms. The van der Waals surface area contributed by atoms with Gasteiger partial charge in [0.2, 0.25) is 21.7 Å². The Morgan fingerprint density at radius 1 is 1.18 bits per heavy atom. The highest BCUT2D eigenvalue weighted by Crippen LogP contribution is 2.36. The van der Waals surface area contributed by atoms with E-state index in [-0.39, 0.29) is 4.90 Å². The van der Waals surface area contributed by atoms with E-state index in [1.807, 2.05) is 13.0 Å². The van der Waals surface area contributed by atoms with Crippen molar-refractivity contribution in [1.82, 2.24) is 14.5 Å². The molecule has 1 N–H and O–H groups in total. The van der Waals surface area contributed by atoms with Gasteiger partial charge in [0, 0.05) is 18.2 Å². The average Bonchev–Trinajstić information content (AvgIpc) is 3.35. The van der Waals surface area contributed by atoms with Gasteiger partial charge in [0.15, 0.2) is 4.90 Å². The predicted molar refractivity (Wildman–Crippen MR) is 146 cm³/mol. The number of halogens is 1. The first-order chi connectivity index (χ1) is 19.2. The van der Waals surface area contributed by atoms with E-state index in [1.165, 1.54) is 35.0 Å². The van der Waals surface area contributed by atoms with Crippen LogP contribution in [-0.4, -0.2) is 28.1 Å². The summed E-state index contributed by atoms with van der Waals surface area (Å²) < 4.78 is 42.9. The molecule has 0 amide bonds. The molecule has 1 aliphatic rings. The number of sulfone groups is 1. The number of hydrogen-bond donors (Lipinski definition) is 1. The van der Waals surface area contributed by atoms with Crippen LogP contribution in [0.2, 0.25) is 0 Å². The lowest BCUT2D eigenvalue weighted by molar-refractivity contribution is 0.408. The first-order valence-corrected chi connectivity index (χ1v) is 14.5. The normalized spacial score (nSPS) is 14.6. The zero-order chi connectivity index (χ0) is 28.6. The molecule has 2 heterocycles. The van der Waals surface area contributed by atoms with E-state index >= 15 is 0 Å². The Hall–Kier alpha value is -4.36. The van der Waals surface area contributed by atoms with Gasteiger partial charge in [0.05, 0.1) is 22.6 Å². The van der Waals surface area contributed by atoms with Crippen LogP contribution in [0.25, 0.3) is 11.1 Å². The number of hydrogen-bond acceptors (Lipinski definition) is 7. The Kier molecular flexibility index (Phi) is 7.25. The molecular weight excluding hydrogens is 531 g/mol. The van der Waals surface area contributed by atoms with Crippen LogP contribution in [0.1, 0.15) is 60.3 Å². The highest BCUT2D eigenvalue weighted by Gasteiger charge is 2.34. The Morgan fingerprint density at radius 3 is 2.62 bits per heavy atom. The van der Waals surface area contributed by atoms with E-state index in [2.05, 4.69) is 16.0 Å². The smallest absolute Gasteiger partial charge is 0.277 e. The van der Waals surface area contributed by atoms with Gasteiger partial charge in [-0.2, -0.15) is 14.6 Å². The molecular formula is C30H27FN4O4S. The van der Waals surface area contributed by atoms with Gasteiger partial charge in [0.1, 0.15) is 5.82 Å². The summed E-state index contributed by atoms with van der Waals surface area (Å²) in [6, 6.07) is 14.2. The molecule has 4 aromatic rings. The van der Waals surface area contributed by atoms with E-state index in [9.17, 15) is 28.0 Å². The number of aromatic nitrogens is 3. The summed E-state index contributed by atoms with van der Waals surface area (Å²) in [5.41, 5.74) is 2.80. The molecule has 2 aromatic heterocycles. The van der Waals surface area contributed by atoms with Crippen LogP contribution in [0.4, 0.5) is 4.39 Å². The molecule has 5 rings (SSSR count). The Labute approximate surface area is 231 Å². The summed E-state index contributed by atoms with van der Waals surface area (Å²) in [5.74, 6) is -1.16. The molecule has 2 aromatic carbocycles. The maximum Gasteiger partial charge on any atom is 0.277 e. The molecule has 0 spiro atoms. The number of unbranched alkanes of at least 4 members (excludes halogenated alkanes) is 1. The number of aryl methyl sites for hydroxylation is 2. The molecule has 1 atom stereocenters. The maximum atomic E-state index is 14.0. The highest BCUT2D eigenvalue weighted by molar-refractivity contribution is 7.91. The molecule has 0 saturated carbocycles. The minimum atomic E-state index is -4.48. The van der Waals surface area contributed by atoms with Crippen molar-refractivity contribution in [3.05, 3.63) is 99.1 Å². The predicted octanol–water partition coefficient (Wildman–Crippen LogP) is 5.04. The molecule has 0 unspecified atom stereocenters. The Balaban J connectivity index is 1.64. The molecule has 8 nitrogen and oxygen atoms in total. The molecule has 0 bridgehead atoms. The van der Waals surface area contributed by atoms with Crippen molar-refractivity contribution >= 4 is 9.84 Å². The number of benzene rings is 2. The molecule has 40 heavy (non-hydrogen) atoms. The van der Waals surface area contributed by atoms with Gasteiger partial charge in [-0.3, -0.25) is 9.36 Å². The van der Waals surface area contributed by atoms with E-state index in [0.717, 1.165) is 17.5 Å². The van der Waals surface area contributed by atoms with Crippen LogP contribution in [0.15, 0.2) is 69.3 Å². The lowest BCUT2D eigenvalue weighted by Crippen LogP contribution is -2.33. The fourth-order valence-electron chi connectivity index (χ4n) is 5.29. The van der Waals surface area contributed by atoms with Crippen LogP contribution in [0, 0.1) is 24.2 Å². The number of fused-ring (bicyclic) bond motifs is 1. The van der Waals surface area contributed by atoms with Crippen molar-refractivity contribution in [3.63, 3.8) is 0 Å². The molecule has 0 saturated heterocycles. The topological polar surface area (TPSA) is 126 Å². The van der Waals surface area contributed by atoms with Crippen LogP contribution in [0.3, 0.4) is 0 Å². The van der Waals surface area contributed by atoms with Crippen molar-refractivity contribution < 1.29 is 17.9 Å². The second kappa shape index (κ2) is 10.7. The van der Waals surface area contributed by atoms with Gasteiger partial charge in [-0.25, -0.2) is 13.4 Å². The van der Waals surface area contributed by atoms with E-state index < -0.39 is 38.2 Å². The Bertz CT molecular complexity index is 1830. The lowest BCUT2D eigenvalue weighted by atomic mass is 10.0. The number of nitrogens with zero attached hydrogens (tertiary/aromatic N) is 4. The van der Waals surface area contributed by atoms with Crippen molar-refractivity contribution in [2.45, 2.75) is 61.8 Å². The van der Waals surface area contributed by atoms with Crippen LogP contribution in [-0.2, 0) is 22.7 Å². The first kappa shape index (κ1) is 27.2. The number of rotatable bonds is 7. The summed E-state index contributed by atoms with van der Waals surface area (Å²) in [7, 11) is -4.48. The minimum Gasteiger partial charge on any atom is -0.492 e. The monoisotopic (exact) mass is 558 g/mol. The number of nitriles is 1. The fourth-order valence-corrected chi connectivity index (χ4v) is 6.63.